The van der Waals surface area contributed by atoms with E-state index in [-0.39, 0.29) is 18.6 Å². The lowest BCUT2D eigenvalue weighted by molar-refractivity contribution is -0.151. The fraction of sp³-hybridized carbons (Fsp3) is 0.500. The van der Waals surface area contributed by atoms with Crippen LogP contribution in [0.3, 0.4) is 0 Å². The number of phosphoric acid groups is 1. The van der Waals surface area contributed by atoms with Gasteiger partial charge in [0.05, 0.1) is 25.7 Å². The molecule has 6 atom stereocenters. The summed E-state index contributed by atoms with van der Waals surface area (Å²) in [4.78, 5) is 24.4. The molecule has 0 bridgehead atoms. The second kappa shape index (κ2) is 8.94. The normalized spacial score (nSPS) is 37.1. The summed E-state index contributed by atoms with van der Waals surface area (Å²) in [7, 11) is -4.26. The summed E-state index contributed by atoms with van der Waals surface area (Å²) in [5, 5.41) is 10.4. The van der Waals surface area contributed by atoms with E-state index in [9.17, 15) is 28.0 Å². The van der Waals surface area contributed by atoms with Crippen molar-refractivity contribution in [3.63, 3.8) is 0 Å². The molecule has 0 aromatic heterocycles. The van der Waals surface area contributed by atoms with Gasteiger partial charge in [-0.2, -0.15) is 0 Å². The van der Waals surface area contributed by atoms with Gasteiger partial charge in [0.15, 0.2) is 17.7 Å². The predicted molar refractivity (Wildman–Crippen MR) is 104 cm³/mol. The molecular weight excluding hydrogens is 470 g/mol. The first-order chi connectivity index (χ1) is 15.5. The van der Waals surface area contributed by atoms with Crippen molar-refractivity contribution < 1.29 is 50.7 Å². The molecular formula is C20H21F3NO8P. The minimum atomic E-state index is -4.26. The van der Waals surface area contributed by atoms with E-state index in [4.69, 9.17) is 18.3 Å². The first-order valence-electron chi connectivity index (χ1n) is 10.1. The summed E-state index contributed by atoms with van der Waals surface area (Å²) >= 11 is 0. The Labute approximate surface area is 186 Å². The van der Waals surface area contributed by atoms with Crippen LogP contribution in [0.25, 0.3) is 0 Å². The molecule has 0 radical (unpaired) electrons. The Balaban J connectivity index is 1.43. The number of ether oxygens (including phenoxy) is 1. The van der Waals surface area contributed by atoms with E-state index in [2.05, 4.69) is 0 Å². The zero-order valence-electron chi connectivity index (χ0n) is 17.4. The largest absolute Gasteiger partial charge is 0.475 e. The van der Waals surface area contributed by atoms with Gasteiger partial charge in [-0.05, 0) is 30.7 Å². The zero-order chi connectivity index (χ0) is 24.0. The van der Waals surface area contributed by atoms with E-state index in [1.807, 2.05) is 0 Å². The molecule has 0 aliphatic carbocycles. The zero-order valence-corrected chi connectivity index (χ0v) is 18.3. The average molecular weight is 491 g/mol. The molecule has 3 heterocycles. The van der Waals surface area contributed by atoms with Crippen molar-refractivity contribution >= 4 is 19.5 Å². The van der Waals surface area contributed by atoms with Gasteiger partial charge in [-0.25, -0.2) is 17.7 Å². The maximum absolute atomic E-state index is 15.2. The molecule has 1 unspecified atom stereocenters. The van der Waals surface area contributed by atoms with E-state index in [1.165, 1.54) is 0 Å². The highest BCUT2D eigenvalue weighted by atomic mass is 31.2. The molecule has 2 saturated heterocycles. The van der Waals surface area contributed by atoms with Crippen molar-refractivity contribution in [3.05, 3.63) is 47.7 Å². The monoisotopic (exact) mass is 491 g/mol. The van der Waals surface area contributed by atoms with Crippen LogP contribution in [0.15, 0.2) is 30.5 Å². The van der Waals surface area contributed by atoms with Crippen LogP contribution < -0.4 is 0 Å². The van der Waals surface area contributed by atoms with Gasteiger partial charge in [0.25, 0.3) is 0 Å². The maximum atomic E-state index is 15.2. The van der Waals surface area contributed by atoms with Gasteiger partial charge in [-0.3, -0.25) is 28.1 Å². The minimum Gasteiger partial charge on any atom is -0.387 e. The Morgan fingerprint density at radius 2 is 1.97 bits per heavy atom. The first kappa shape index (κ1) is 24.1. The van der Waals surface area contributed by atoms with Crippen LogP contribution >= 0.6 is 7.82 Å². The number of phosphoric ester groups is 1. The summed E-state index contributed by atoms with van der Waals surface area (Å²) in [6.07, 6.45) is -3.86. The molecule has 3 aliphatic rings. The number of alkyl halides is 1. The van der Waals surface area contributed by atoms with Gasteiger partial charge in [-0.15, -0.1) is 0 Å². The highest BCUT2D eigenvalue weighted by molar-refractivity contribution is 7.48. The van der Waals surface area contributed by atoms with Crippen LogP contribution in [0.5, 0.6) is 0 Å². The van der Waals surface area contributed by atoms with Crippen molar-refractivity contribution in [2.75, 3.05) is 13.2 Å². The van der Waals surface area contributed by atoms with Gasteiger partial charge >= 0.3 is 7.82 Å². The summed E-state index contributed by atoms with van der Waals surface area (Å²) < 4.78 is 76.3. The molecule has 1 aromatic carbocycles. The summed E-state index contributed by atoms with van der Waals surface area (Å²) in [6, 6.07) is 2.74. The lowest BCUT2D eigenvalue weighted by Crippen LogP contribution is -2.51. The number of rotatable bonds is 5. The van der Waals surface area contributed by atoms with Crippen LogP contribution in [0.4, 0.5) is 13.2 Å². The van der Waals surface area contributed by atoms with Crippen molar-refractivity contribution in [2.24, 2.45) is 0 Å². The number of ketones is 1. The molecule has 0 saturated carbocycles. The van der Waals surface area contributed by atoms with Crippen molar-refractivity contribution in [1.29, 1.82) is 0 Å². The third kappa shape index (κ3) is 4.91. The number of amides is 1. The van der Waals surface area contributed by atoms with Crippen molar-refractivity contribution in [3.8, 4) is 0 Å². The number of carbonyl (C=O) groups excluding carboxylic acids is 2. The third-order valence-electron chi connectivity index (χ3n) is 5.54. The van der Waals surface area contributed by atoms with Crippen LogP contribution in [-0.2, 0) is 32.5 Å². The SMILES string of the molecule is C[C@@]1(F)[C@H](O)[C@@H](COP2(=O)OCC[C@H](c3cc(F)cc(F)c3)O2)O[C@H]1N1C=CC(=O)CC1=O. The van der Waals surface area contributed by atoms with Crippen LogP contribution in [0.2, 0.25) is 0 Å². The second-order valence-electron chi connectivity index (χ2n) is 8.04. The Kier molecular flexibility index (Phi) is 6.51. The number of allylic oxidation sites excluding steroid dienone is 1. The fourth-order valence-electron chi connectivity index (χ4n) is 3.84. The Morgan fingerprint density at radius 1 is 1.27 bits per heavy atom. The minimum absolute atomic E-state index is 0.0955. The van der Waals surface area contributed by atoms with E-state index in [1.54, 1.807) is 0 Å². The molecule has 1 aromatic rings. The van der Waals surface area contributed by atoms with Gasteiger partial charge in [0, 0.05) is 18.7 Å². The van der Waals surface area contributed by atoms with Crippen LogP contribution in [0, 0.1) is 11.6 Å². The smallest absolute Gasteiger partial charge is 0.387 e. The van der Waals surface area contributed by atoms with Crippen molar-refractivity contribution in [1.82, 2.24) is 4.90 Å². The van der Waals surface area contributed by atoms with E-state index < -0.39 is 74.4 Å². The molecule has 33 heavy (non-hydrogen) atoms. The first-order valence-corrected chi connectivity index (χ1v) is 11.5. The topological polar surface area (TPSA) is 112 Å². The number of benzene rings is 1. The fourth-order valence-corrected chi connectivity index (χ4v) is 5.23. The lowest BCUT2D eigenvalue weighted by atomic mass is 9.97. The maximum Gasteiger partial charge on any atom is 0.475 e. The van der Waals surface area contributed by atoms with Gasteiger partial charge < -0.3 is 9.84 Å². The van der Waals surface area contributed by atoms with Crippen LogP contribution in [-0.4, -0.2) is 59.0 Å². The van der Waals surface area contributed by atoms with Crippen LogP contribution in [0.1, 0.15) is 31.4 Å². The molecule has 3 aliphatic heterocycles. The predicted octanol–water partition coefficient (Wildman–Crippen LogP) is 2.70. The standard InChI is InChI=1S/C20H21F3NO8P/c1-20(23)18(27)16(31-19(20)24-4-2-14(25)9-17(24)26)10-30-33(28)29-5-3-15(32-33)11-6-12(21)8-13(22)7-11/h2,4,6-8,15-16,18-19,27H,3,5,9-10H2,1H3/t15-,16-,18-,19-,20-,33?/m1/s1. The van der Waals surface area contributed by atoms with E-state index in [0.29, 0.717) is 6.07 Å². The third-order valence-corrected chi connectivity index (χ3v) is 7.02. The number of carbonyl (C=O) groups is 2. The van der Waals surface area contributed by atoms with Crippen molar-refractivity contribution in [2.45, 2.75) is 50.0 Å². The molecule has 180 valence electrons. The summed E-state index contributed by atoms with van der Waals surface area (Å²) in [6.45, 7) is 0.270. The molecule has 4 rings (SSSR count). The molecule has 13 heteroatoms. The van der Waals surface area contributed by atoms with E-state index in [0.717, 1.165) is 36.2 Å². The summed E-state index contributed by atoms with van der Waals surface area (Å²) in [5.74, 6) is -2.83. The lowest BCUT2D eigenvalue weighted by Gasteiger charge is -2.32. The number of aliphatic hydroxyl groups excluding tert-OH is 1. The molecule has 2 fully saturated rings. The number of halogens is 3. The molecule has 9 nitrogen and oxygen atoms in total. The van der Waals surface area contributed by atoms with E-state index >= 15 is 4.39 Å². The van der Waals surface area contributed by atoms with Gasteiger partial charge in [-0.1, -0.05) is 0 Å². The molecule has 1 N–H and O–H groups in total. The molecule has 0 spiro atoms. The average Bonchev–Trinajstić information content (AvgIpc) is 2.95. The highest BCUT2D eigenvalue weighted by Crippen LogP contribution is 2.57. The Morgan fingerprint density at radius 3 is 2.64 bits per heavy atom. The molecule has 1 amide bonds. The Hall–Kier alpha value is -2.08. The Bertz CT molecular complexity index is 1010. The number of nitrogens with zero attached hydrogens (tertiary/aromatic N) is 1. The number of hydrogen-bond acceptors (Lipinski definition) is 8. The summed E-state index contributed by atoms with van der Waals surface area (Å²) in [5.41, 5.74) is -2.35. The second-order valence-corrected chi connectivity index (χ2v) is 9.67. The van der Waals surface area contributed by atoms with Gasteiger partial charge in [0.1, 0.15) is 23.8 Å². The quantitative estimate of drug-likeness (QED) is 0.495. The van der Waals surface area contributed by atoms with Gasteiger partial charge in [0.2, 0.25) is 5.91 Å². The number of hydrogen-bond donors (Lipinski definition) is 1. The number of aliphatic hydroxyl groups is 1. The highest BCUT2D eigenvalue weighted by Gasteiger charge is 2.57.